The van der Waals surface area contributed by atoms with Gasteiger partial charge in [-0.2, -0.15) is 0 Å². The molecule has 1 aromatic carbocycles. The number of rotatable bonds is 5. The number of aromatic hydroxyl groups is 1. The number of hydrogen-bond acceptors (Lipinski definition) is 4. The minimum absolute atomic E-state index is 0.145. The Kier molecular flexibility index (Phi) is 6.53. The van der Waals surface area contributed by atoms with E-state index in [0.717, 1.165) is 64.5 Å². The molecule has 2 fully saturated rings. The zero-order valence-electron chi connectivity index (χ0n) is 15.0. The normalized spacial score (nSPS) is 24.5. The van der Waals surface area contributed by atoms with Crippen LogP contribution in [0.1, 0.15) is 24.8 Å². The second-order valence-corrected chi connectivity index (χ2v) is 6.65. The quantitative estimate of drug-likeness (QED) is 0.483. The van der Waals surface area contributed by atoms with Gasteiger partial charge in [0.2, 0.25) is 0 Å². The monoisotopic (exact) mass is 347 g/mol. The second kappa shape index (κ2) is 9.06. The van der Waals surface area contributed by atoms with Crippen LogP contribution in [0.2, 0.25) is 0 Å². The Hall–Kier alpha value is -1.79. The Morgan fingerprint density at radius 2 is 2.04 bits per heavy atom. The van der Waals surface area contributed by atoms with E-state index in [9.17, 15) is 5.11 Å². The van der Waals surface area contributed by atoms with Crippen molar-refractivity contribution in [1.29, 1.82) is 0 Å². The summed E-state index contributed by atoms with van der Waals surface area (Å²) >= 11 is 0. The first-order valence-corrected chi connectivity index (χ1v) is 9.23. The van der Waals surface area contributed by atoms with Crippen LogP contribution >= 0.6 is 0 Å². The fourth-order valence-corrected chi connectivity index (χ4v) is 3.48. The highest BCUT2D eigenvalue weighted by molar-refractivity contribution is 5.80. The number of aliphatic imine (C=N–C) groups is 1. The van der Waals surface area contributed by atoms with Crippen molar-refractivity contribution in [2.45, 2.75) is 37.9 Å². The summed E-state index contributed by atoms with van der Waals surface area (Å²) in [5.41, 5.74) is 1.24. The van der Waals surface area contributed by atoms with Crippen LogP contribution in [-0.2, 0) is 15.9 Å². The summed E-state index contributed by atoms with van der Waals surface area (Å²) in [4.78, 5) is 6.71. The standard InChI is InChI=1S/C19H29N3O3/c1-20-19(21-10-2-4-15-6-8-16(23)9-7-15)22-11-13-25-18(14-22)17-5-3-12-24-17/h6-9,17-18,23H,2-5,10-14H2,1H3,(H,20,21). The van der Waals surface area contributed by atoms with Crippen LogP contribution in [0.5, 0.6) is 5.75 Å². The number of ether oxygens (including phenoxy) is 2. The minimum Gasteiger partial charge on any atom is -0.508 e. The highest BCUT2D eigenvalue weighted by atomic mass is 16.5. The third kappa shape index (κ3) is 5.09. The van der Waals surface area contributed by atoms with Crippen LogP contribution in [0.4, 0.5) is 0 Å². The average Bonchev–Trinajstić information content (AvgIpc) is 3.18. The summed E-state index contributed by atoms with van der Waals surface area (Å²) in [6.45, 7) is 4.14. The molecule has 6 heteroatoms. The van der Waals surface area contributed by atoms with Crippen LogP contribution in [-0.4, -0.2) is 68.1 Å². The van der Waals surface area contributed by atoms with Gasteiger partial charge in [-0.15, -0.1) is 0 Å². The first kappa shape index (κ1) is 18.0. The molecule has 0 saturated carbocycles. The average molecular weight is 347 g/mol. The summed E-state index contributed by atoms with van der Waals surface area (Å²) in [5.74, 6) is 1.26. The number of nitrogens with one attached hydrogen (secondary N) is 1. The molecule has 0 amide bonds. The molecule has 2 saturated heterocycles. The van der Waals surface area contributed by atoms with E-state index >= 15 is 0 Å². The second-order valence-electron chi connectivity index (χ2n) is 6.65. The highest BCUT2D eigenvalue weighted by Gasteiger charge is 2.32. The molecule has 1 aromatic rings. The third-order valence-electron chi connectivity index (χ3n) is 4.85. The maximum absolute atomic E-state index is 9.32. The number of aryl methyl sites for hydroxylation is 1. The van der Waals surface area contributed by atoms with Crippen LogP contribution < -0.4 is 5.32 Å². The summed E-state index contributed by atoms with van der Waals surface area (Å²) in [6.07, 6.45) is 4.60. The molecule has 6 nitrogen and oxygen atoms in total. The zero-order valence-corrected chi connectivity index (χ0v) is 15.0. The Morgan fingerprint density at radius 3 is 2.76 bits per heavy atom. The van der Waals surface area contributed by atoms with Gasteiger partial charge in [-0.05, 0) is 43.4 Å². The van der Waals surface area contributed by atoms with Crippen molar-refractivity contribution in [2.75, 3.05) is 39.9 Å². The van der Waals surface area contributed by atoms with Gasteiger partial charge in [0.15, 0.2) is 5.96 Å². The molecule has 2 unspecified atom stereocenters. The molecule has 2 aliphatic rings. The summed E-state index contributed by atoms with van der Waals surface area (Å²) in [7, 11) is 1.83. The van der Waals surface area contributed by atoms with Crippen molar-refractivity contribution in [3.05, 3.63) is 29.8 Å². The van der Waals surface area contributed by atoms with Gasteiger partial charge in [0.25, 0.3) is 0 Å². The van der Waals surface area contributed by atoms with Crippen molar-refractivity contribution in [1.82, 2.24) is 10.2 Å². The number of morpholine rings is 1. The van der Waals surface area contributed by atoms with E-state index in [0.29, 0.717) is 5.75 Å². The number of nitrogens with zero attached hydrogens (tertiary/aromatic N) is 2. The molecule has 138 valence electrons. The van der Waals surface area contributed by atoms with Gasteiger partial charge in [-0.1, -0.05) is 12.1 Å². The van der Waals surface area contributed by atoms with Gasteiger partial charge in [-0.25, -0.2) is 0 Å². The molecular formula is C19H29N3O3. The predicted molar refractivity (Wildman–Crippen MR) is 98.1 cm³/mol. The summed E-state index contributed by atoms with van der Waals surface area (Å²) in [5, 5.41) is 12.8. The van der Waals surface area contributed by atoms with E-state index in [2.05, 4.69) is 15.2 Å². The Labute approximate surface area is 149 Å². The smallest absolute Gasteiger partial charge is 0.193 e. The largest absolute Gasteiger partial charge is 0.508 e. The van der Waals surface area contributed by atoms with Crippen molar-refractivity contribution in [3.63, 3.8) is 0 Å². The van der Waals surface area contributed by atoms with Crippen molar-refractivity contribution >= 4 is 5.96 Å². The number of hydrogen-bond donors (Lipinski definition) is 2. The molecule has 25 heavy (non-hydrogen) atoms. The maximum atomic E-state index is 9.32. The predicted octanol–water partition coefficient (Wildman–Crippen LogP) is 1.78. The molecule has 2 aliphatic heterocycles. The van der Waals surface area contributed by atoms with E-state index in [1.165, 1.54) is 5.56 Å². The Balaban J connectivity index is 1.43. The molecule has 2 N–H and O–H groups in total. The lowest BCUT2D eigenvalue weighted by Crippen LogP contribution is -2.53. The molecule has 0 spiro atoms. The molecule has 0 radical (unpaired) electrons. The lowest BCUT2D eigenvalue weighted by Gasteiger charge is -2.37. The van der Waals surface area contributed by atoms with Crippen LogP contribution in [0.15, 0.2) is 29.3 Å². The van der Waals surface area contributed by atoms with Gasteiger partial charge in [0.05, 0.1) is 12.7 Å². The molecule has 0 aromatic heterocycles. The first-order chi connectivity index (χ1) is 12.3. The summed E-state index contributed by atoms with van der Waals surface area (Å²) in [6, 6.07) is 7.41. The first-order valence-electron chi connectivity index (χ1n) is 9.23. The SMILES string of the molecule is CN=C(NCCCc1ccc(O)cc1)N1CCOC(C2CCCO2)C1. The van der Waals surface area contributed by atoms with Crippen molar-refractivity contribution in [3.8, 4) is 5.75 Å². The molecule has 2 heterocycles. The number of benzene rings is 1. The lowest BCUT2D eigenvalue weighted by atomic mass is 10.1. The van der Waals surface area contributed by atoms with Gasteiger partial charge in [0.1, 0.15) is 11.9 Å². The van der Waals surface area contributed by atoms with E-state index in [-0.39, 0.29) is 12.2 Å². The fraction of sp³-hybridized carbons (Fsp3) is 0.632. The number of guanidine groups is 1. The highest BCUT2D eigenvalue weighted by Crippen LogP contribution is 2.21. The Morgan fingerprint density at radius 1 is 1.24 bits per heavy atom. The fourth-order valence-electron chi connectivity index (χ4n) is 3.48. The third-order valence-corrected chi connectivity index (χ3v) is 4.85. The minimum atomic E-state index is 0.145. The number of phenols is 1. The van der Waals surface area contributed by atoms with Gasteiger partial charge >= 0.3 is 0 Å². The van der Waals surface area contributed by atoms with E-state index in [4.69, 9.17) is 9.47 Å². The van der Waals surface area contributed by atoms with Crippen molar-refractivity contribution in [2.24, 2.45) is 4.99 Å². The van der Waals surface area contributed by atoms with Gasteiger partial charge in [-0.3, -0.25) is 4.99 Å². The van der Waals surface area contributed by atoms with Crippen LogP contribution in [0.25, 0.3) is 0 Å². The van der Waals surface area contributed by atoms with Crippen molar-refractivity contribution < 1.29 is 14.6 Å². The number of phenolic OH excluding ortho intramolecular Hbond substituents is 1. The zero-order chi connectivity index (χ0) is 17.5. The maximum Gasteiger partial charge on any atom is 0.193 e. The molecule has 0 bridgehead atoms. The molecular weight excluding hydrogens is 318 g/mol. The molecule has 3 rings (SSSR count). The van der Waals surface area contributed by atoms with Crippen LogP contribution in [0, 0.1) is 0 Å². The summed E-state index contributed by atoms with van der Waals surface area (Å²) < 4.78 is 11.7. The molecule has 2 atom stereocenters. The molecule has 0 aliphatic carbocycles. The van der Waals surface area contributed by atoms with E-state index in [1.54, 1.807) is 12.1 Å². The lowest BCUT2D eigenvalue weighted by molar-refractivity contribution is -0.0816. The Bertz CT molecular complexity index is 556. The topological polar surface area (TPSA) is 66.3 Å². The van der Waals surface area contributed by atoms with Crippen LogP contribution in [0.3, 0.4) is 0 Å². The van der Waals surface area contributed by atoms with Gasteiger partial charge in [0, 0.05) is 33.3 Å². The van der Waals surface area contributed by atoms with E-state index < -0.39 is 0 Å². The van der Waals surface area contributed by atoms with E-state index in [1.807, 2.05) is 19.2 Å². The van der Waals surface area contributed by atoms with Gasteiger partial charge < -0.3 is 24.8 Å².